The molecule has 2 atom stereocenters. The minimum atomic E-state index is -0.532. The molecule has 2 rings (SSSR count). The second kappa shape index (κ2) is 6.08. The monoisotopic (exact) mass is 254 g/mol. The van der Waals surface area contributed by atoms with Gasteiger partial charge in [-0.2, -0.15) is 17.0 Å². The fraction of sp³-hybridized carbons (Fsp3) is 0.923. The van der Waals surface area contributed by atoms with E-state index in [0.29, 0.717) is 5.92 Å². The van der Waals surface area contributed by atoms with Gasteiger partial charge in [0.05, 0.1) is 6.07 Å². The fourth-order valence-corrected chi connectivity index (χ4v) is 4.15. The summed E-state index contributed by atoms with van der Waals surface area (Å²) < 4.78 is 5.35. The first-order valence-corrected chi connectivity index (χ1v) is 7.69. The highest BCUT2D eigenvalue weighted by Crippen LogP contribution is 2.37. The van der Waals surface area contributed by atoms with Crippen LogP contribution in [0.15, 0.2) is 0 Å². The first-order chi connectivity index (χ1) is 8.24. The van der Waals surface area contributed by atoms with E-state index in [1.54, 1.807) is 0 Å². The molecule has 2 aliphatic rings. The van der Waals surface area contributed by atoms with E-state index in [-0.39, 0.29) is 0 Å². The fourth-order valence-electron chi connectivity index (χ4n) is 2.87. The van der Waals surface area contributed by atoms with E-state index in [4.69, 9.17) is 15.7 Å². The first-order valence-electron chi connectivity index (χ1n) is 6.64. The van der Waals surface area contributed by atoms with Gasteiger partial charge in [0.1, 0.15) is 5.54 Å². The van der Waals surface area contributed by atoms with Crippen molar-refractivity contribution in [2.24, 2.45) is 11.7 Å². The molecular formula is C13H22N2OS. The SMILES string of the molecule is N#CC1(N)CCCC1CCSC1CCOCC1. The molecule has 96 valence electrons. The molecule has 1 saturated heterocycles. The number of hydrogen-bond donors (Lipinski definition) is 1. The molecule has 17 heavy (non-hydrogen) atoms. The molecule has 0 aromatic carbocycles. The standard InChI is InChI=1S/C13H22N2OS/c14-10-13(15)6-1-2-11(13)5-9-17-12-3-7-16-8-4-12/h11-12H,1-9,15H2. The highest BCUT2D eigenvalue weighted by atomic mass is 32.2. The van der Waals surface area contributed by atoms with Gasteiger partial charge in [0.15, 0.2) is 0 Å². The maximum atomic E-state index is 9.15. The molecular weight excluding hydrogens is 232 g/mol. The molecule has 1 aliphatic carbocycles. The molecule has 2 unspecified atom stereocenters. The predicted molar refractivity (Wildman–Crippen MR) is 70.8 cm³/mol. The Morgan fingerprint density at radius 3 is 2.82 bits per heavy atom. The van der Waals surface area contributed by atoms with Crippen molar-refractivity contribution < 1.29 is 4.74 Å². The quantitative estimate of drug-likeness (QED) is 0.836. The van der Waals surface area contributed by atoms with E-state index in [9.17, 15) is 0 Å². The number of nitrogens with zero attached hydrogens (tertiary/aromatic N) is 1. The summed E-state index contributed by atoms with van der Waals surface area (Å²) in [5.74, 6) is 1.57. The Morgan fingerprint density at radius 2 is 2.12 bits per heavy atom. The van der Waals surface area contributed by atoms with Crippen LogP contribution in [0.4, 0.5) is 0 Å². The zero-order valence-electron chi connectivity index (χ0n) is 10.4. The molecule has 0 aromatic heterocycles. The maximum Gasteiger partial charge on any atom is 0.107 e. The molecule has 2 fully saturated rings. The second-order valence-electron chi connectivity index (χ2n) is 5.21. The van der Waals surface area contributed by atoms with Crippen molar-refractivity contribution in [2.45, 2.75) is 49.3 Å². The van der Waals surface area contributed by atoms with Crippen LogP contribution in [0.25, 0.3) is 0 Å². The van der Waals surface area contributed by atoms with Crippen molar-refractivity contribution in [1.29, 1.82) is 5.26 Å². The van der Waals surface area contributed by atoms with Crippen molar-refractivity contribution in [2.75, 3.05) is 19.0 Å². The second-order valence-corrected chi connectivity index (χ2v) is 6.62. The summed E-state index contributed by atoms with van der Waals surface area (Å²) in [4.78, 5) is 0. The van der Waals surface area contributed by atoms with Crippen LogP contribution in [0.3, 0.4) is 0 Å². The number of nitriles is 1. The van der Waals surface area contributed by atoms with Crippen LogP contribution in [0.2, 0.25) is 0 Å². The minimum absolute atomic E-state index is 0.417. The molecule has 1 aliphatic heterocycles. The number of hydrogen-bond acceptors (Lipinski definition) is 4. The minimum Gasteiger partial charge on any atom is -0.381 e. The van der Waals surface area contributed by atoms with Crippen molar-refractivity contribution in [3.63, 3.8) is 0 Å². The van der Waals surface area contributed by atoms with Gasteiger partial charge in [0.25, 0.3) is 0 Å². The highest BCUT2D eigenvalue weighted by Gasteiger charge is 2.39. The molecule has 3 nitrogen and oxygen atoms in total. The molecule has 0 aromatic rings. The van der Waals surface area contributed by atoms with Gasteiger partial charge >= 0.3 is 0 Å². The molecule has 0 spiro atoms. The Hall–Kier alpha value is -0.240. The smallest absolute Gasteiger partial charge is 0.107 e. The van der Waals surface area contributed by atoms with Gasteiger partial charge in [-0.1, -0.05) is 6.42 Å². The first kappa shape index (κ1) is 13.2. The Bertz CT molecular complexity index is 286. The third-order valence-corrected chi connectivity index (χ3v) is 5.48. The highest BCUT2D eigenvalue weighted by molar-refractivity contribution is 7.99. The summed E-state index contributed by atoms with van der Waals surface area (Å²) in [7, 11) is 0. The van der Waals surface area contributed by atoms with E-state index in [2.05, 4.69) is 17.8 Å². The Labute approximate surface area is 108 Å². The van der Waals surface area contributed by atoms with Crippen molar-refractivity contribution in [3.8, 4) is 6.07 Å². The van der Waals surface area contributed by atoms with Crippen LogP contribution >= 0.6 is 11.8 Å². The zero-order chi connectivity index (χ0) is 12.1. The summed E-state index contributed by atoms with van der Waals surface area (Å²) in [6.45, 7) is 1.83. The molecule has 0 radical (unpaired) electrons. The van der Waals surface area contributed by atoms with Gasteiger partial charge in [-0.25, -0.2) is 0 Å². The molecule has 0 amide bonds. The number of thioether (sulfide) groups is 1. The largest absolute Gasteiger partial charge is 0.381 e. The van der Waals surface area contributed by atoms with Crippen LogP contribution in [0, 0.1) is 17.2 Å². The number of rotatable bonds is 4. The zero-order valence-corrected chi connectivity index (χ0v) is 11.2. The van der Waals surface area contributed by atoms with Crippen LogP contribution in [-0.4, -0.2) is 29.8 Å². The molecule has 1 saturated carbocycles. The molecule has 0 bridgehead atoms. The van der Waals surface area contributed by atoms with E-state index < -0.39 is 5.54 Å². The third kappa shape index (κ3) is 3.37. The van der Waals surface area contributed by atoms with E-state index in [1.807, 2.05) is 0 Å². The van der Waals surface area contributed by atoms with Crippen molar-refractivity contribution in [1.82, 2.24) is 0 Å². The summed E-state index contributed by atoms with van der Waals surface area (Å²) in [6, 6.07) is 2.33. The lowest BCUT2D eigenvalue weighted by Crippen LogP contribution is -2.42. The Morgan fingerprint density at radius 1 is 1.35 bits per heavy atom. The van der Waals surface area contributed by atoms with Crippen LogP contribution in [-0.2, 0) is 4.74 Å². The topological polar surface area (TPSA) is 59.0 Å². The van der Waals surface area contributed by atoms with Crippen LogP contribution in [0.1, 0.15) is 38.5 Å². The third-order valence-electron chi connectivity index (χ3n) is 4.07. The van der Waals surface area contributed by atoms with Gasteiger partial charge in [0.2, 0.25) is 0 Å². The van der Waals surface area contributed by atoms with Crippen LogP contribution < -0.4 is 5.73 Å². The summed E-state index contributed by atoms with van der Waals surface area (Å²) in [6.07, 6.45) is 6.61. The van der Waals surface area contributed by atoms with Gasteiger partial charge in [0, 0.05) is 18.5 Å². The van der Waals surface area contributed by atoms with E-state index in [1.165, 1.54) is 12.8 Å². The van der Waals surface area contributed by atoms with Crippen molar-refractivity contribution in [3.05, 3.63) is 0 Å². The lowest BCUT2D eigenvalue weighted by molar-refractivity contribution is 0.1000. The summed E-state index contributed by atoms with van der Waals surface area (Å²) >= 11 is 2.05. The van der Waals surface area contributed by atoms with Crippen LogP contribution in [0.5, 0.6) is 0 Å². The number of ether oxygens (including phenoxy) is 1. The predicted octanol–water partition coefficient (Wildman–Crippen LogP) is 2.31. The molecule has 4 heteroatoms. The van der Waals surface area contributed by atoms with Crippen molar-refractivity contribution >= 4 is 11.8 Å². The summed E-state index contributed by atoms with van der Waals surface area (Å²) in [5.41, 5.74) is 5.60. The van der Waals surface area contributed by atoms with Gasteiger partial charge < -0.3 is 10.5 Å². The lowest BCUT2D eigenvalue weighted by atomic mass is 9.88. The van der Waals surface area contributed by atoms with E-state index >= 15 is 0 Å². The Kier molecular flexibility index (Phi) is 4.72. The van der Waals surface area contributed by atoms with E-state index in [0.717, 1.165) is 49.9 Å². The average molecular weight is 254 g/mol. The number of nitrogens with two attached hydrogens (primary N) is 1. The average Bonchev–Trinajstić information content (AvgIpc) is 2.73. The van der Waals surface area contributed by atoms with Gasteiger partial charge in [-0.05, 0) is 43.8 Å². The summed E-state index contributed by atoms with van der Waals surface area (Å²) in [5, 5.41) is 9.91. The van der Waals surface area contributed by atoms with Gasteiger partial charge in [-0.3, -0.25) is 0 Å². The Balaban J connectivity index is 1.69. The normalized spacial score (nSPS) is 34.7. The molecule has 1 heterocycles. The molecule has 2 N–H and O–H groups in total. The van der Waals surface area contributed by atoms with Gasteiger partial charge in [-0.15, -0.1) is 0 Å². The lowest BCUT2D eigenvalue weighted by Gasteiger charge is -2.25. The maximum absolute atomic E-state index is 9.15.